The van der Waals surface area contributed by atoms with Crippen molar-refractivity contribution in [2.45, 2.75) is 63.7 Å². The molecule has 0 bridgehead atoms. The fraction of sp³-hybridized carbons (Fsp3) is 0.667. The number of rotatable bonds is 8. The van der Waals surface area contributed by atoms with E-state index in [-0.39, 0.29) is 37.8 Å². The molecule has 0 unspecified atom stereocenters. The predicted octanol–water partition coefficient (Wildman–Crippen LogP) is 3.34. The third-order valence-electron chi connectivity index (χ3n) is 5.63. The predicted molar refractivity (Wildman–Crippen MR) is 113 cm³/mol. The average molecular weight is 464 g/mol. The first-order valence-corrected chi connectivity index (χ1v) is 12.0. The number of nitrogens with zero attached hydrogens (tertiary/aromatic N) is 2. The maximum Gasteiger partial charge on any atom is 0.417 e. The summed E-state index contributed by atoms with van der Waals surface area (Å²) in [5.41, 5.74) is -1.17. The lowest BCUT2D eigenvalue weighted by Gasteiger charge is -2.32. The van der Waals surface area contributed by atoms with Crippen molar-refractivity contribution in [3.8, 4) is 0 Å². The number of alkyl halides is 3. The van der Waals surface area contributed by atoms with Crippen LogP contribution in [0.5, 0.6) is 0 Å². The van der Waals surface area contributed by atoms with Gasteiger partial charge < -0.3 is 5.32 Å². The maximum absolute atomic E-state index is 13.2. The molecule has 0 spiro atoms. The number of hydrogen-bond acceptors (Lipinski definition) is 4. The molecule has 1 aromatic rings. The molecule has 0 radical (unpaired) electrons. The first-order valence-electron chi connectivity index (χ1n) is 10.6. The molecule has 31 heavy (non-hydrogen) atoms. The van der Waals surface area contributed by atoms with Crippen LogP contribution in [-0.4, -0.2) is 61.8 Å². The van der Waals surface area contributed by atoms with E-state index in [9.17, 15) is 26.4 Å². The van der Waals surface area contributed by atoms with Crippen molar-refractivity contribution >= 4 is 15.9 Å². The fourth-order valence-corrected chi connectivity index (χ4v) is 5.67. The summed E-state index contributed by atoms with van der Waals surface area (Å²) in [7, 11) is -4.30. The Morgan fingerprint density at radius 3 is 2.19 bits per heavy atom. The highest BCUT2D eigenvalue weighted by atomic mass is 32.2. The van der Waals surface area contributed by atoms with Crippen LogP contribution < -0.4 is 5.32 Å². The van der Waals surface area contributed by atoms with Crippen LogP contribution in [0.4, 0.5) is 13.2 Å². The van der Waals surface area contributed by atoms with Crippen LogP contribution in [0, 0.1) is 5.92 Å². The van der Waals surface area contributed by atoms with Crippen LogP contribution >= 0.6 is 0 Å². The SMILES string of the molecule is CC(C)N(CCNC(=O)C1CCN(S(=O)(=O)c2ccccc2C(F)(F)F)CC1)C(C)C. The van der Waals surface area contributed by atoms with Crippen LogP contribution in [0.2, 0.25) is 0 Å². The monoisotopic (exact) mass is 463 g/mol. The first kappa shape index (κ1) is 25.6. The minimum Gasteiger partial charge on any atom is -0.355 e. The Morgan fingerprint density at radius 2 is 1.68 bits per heavy atom. The lowest BCUT2D eigenvalue weighted by atomic mass is 9.97. The van der Waals surface area contributed by atoms with Gasteiger partial charge in [-0.3, -0.25) is 9.69 Å². The van der Waals surface area contributed by atoms with E-state index in [1.165, 1.54) is 6.07 Å². The number of carbonyl (C=O) groups is 1. The Hall–Kier alpha value is -1.65. The Bertz CT molecular complexity index is 841. The van der Waals surface area contributed by atoms with Crippen molar-refractivity contribution < 1.29 is 26.4 Å². The van der Waals surface area contributed by atoms with E-state index in [1.807, 2.05) is 0 Å². The summed E-state index contributed by atoms with van der Waals surface area (Å²) in [6.07, 6.45) is -4.21. The Balaban J connectivity index is 1.96. The van der Waals surface area contributed by atoms with E-state index in [4.69, 9.17) is 0 Å². The fourth-order valence-electron chi connectivity index (χ4n) is 3.99. The van der Waals surface area contributed by atoms with Gasteiger partial charge in [0.2, 0.25) is 15.9 Å². The van der Waals surface area contributed by atoms with Gasteiger partial charge >= 0.3 is 6.18 Å². The molecular weight excluding hydrogens is 431 g/mol. The van der Waals surface area contributed by atoms with Crippen LogP contribution in [-0.2, 0) is 21.0 Å². The molecule has 1 fully saturated rings. The minimum absolute atomic E-state index is 0.0106. The highest BCUT2D eigenvalue weighted by Gasteiger charge is 2.40. The highest BCUT2D eigenvalue weighted by Crippen LogP contribution is 2.36. The molecular formula is C21H32F3N3O3S. The molecule has 1 N–H and O–H groups in total. The second-order valence-electron chi connectivity index (χ2n) is 8.39. The second kappa shape index (κ2) is 10.3. The summed E-state index contributed by atoms with van der Waals surface area (Å²) in [5.74, 6) is -0.490. The zero-order valence-corrected chi connectivity index (χ0v) is 19.3. The number of nitrogens with one attached hydrogen (secondary N) is 1. The van der Waals surface area contributed by atoms with Crippen LogP contribution in [0.1, 0.15) is 46.1 Å². The van der Waals surface area contributed by atoms with E-state index in [2.05, 4.69) is 37.9 Å². The van der Waals surface area contributed by atoms with Crippen molar-refractivity contribution in [2.24, 2.45) is 5.92 Å². The number of hydrogen-bond donors (Lipinski definition) is 1. The third-order valence-corrected chi connectivity index (χ3v) is 7.59. The summed E-state index contributed by atoms with van der Waals surface area (Å²) in [5, 5.41) is 2.91. The van der Waals surface area contributed by atoms with E-state index in [0.29, 0.717) is 25.2 Å². The van der Waals surface area contributed by atoms with Gasteiger partial charge in [0.1, 0.15) is 0 Å². The molecule has 0 atom stereocenters. The van der Waals surface area contributed by atoms with Gasteiger partial charge in [-0.2, -0.15) is 17.5 Å². The van der Waals surface area contributed by atoms with Gasteiger partial charge in [0.25, 0.3) is 0 Å². The van der Waals surface area contributed by atoms with Gasteiger partial charge in [0, 0.05) is 44.2 Å². The Kier molecular flexibility index (Phi) is 8.52. The van der Waals surface area contributed by atoms with Gasteiger partial charge in [-0.1, -0.05) is 12.1 Å². The molecule has 6 nitrogen and oxygen atoms in total. The zero-order chi connectivity index (χ0) is 23.4. The lowest BCUT2D eigenvalue weighted by Crippen LogP contribution is -2.46. The van der Waals surface area contributed by atoms with Crippen molar-refractivity contribution in [3.05, 3.63) is 29.8 Å². The number of benzene rings is 1. The first-order chi connectivity index (χ1) is 14.4. The van der Waals surface area contributed by atoms with Crippen LogP contribution in [0.3, 0.4) is 0 Å². The number of halogens is 3. The molecule has 1 saturated heterocycles. The van der Waals surface area contributed by atoms with Gasteiger partial charge in [-0.15, -0.1) is 0 Å². The second-order valence-corrected chi connectivity index (χ2v) is 10.3. The van der Waals surface area contributed by atoms with Gasteiger partial charge in [0.05, 0.1) is 10.5 Å². The summed E-state index contributed by atoms with van der Waals surface area (Å²) < 4.78 is 66.4. The van der Waals surface area contributed by atoms with Crippen LogP contribution in [0.25, 0.3) is 0 Å². The Labute approximate surface area is 182 Å². The Morgan fingerprint density at radius 1 is 1.13 bits per heavy atom. The summed E-state index contributed by atoms with van der Waals surface area (Å²) in [4.78, 5) is 14.0. The summed E-state index contributed by atoms with van der Waals surface area (Å²) >= 11 is 0. The molecule has 10 heteroatoms. The normalized spacial score (nSPS) is 17.0. The van der Waals surface area contributed by atoms with Gasteiger partial charge in [0.15, 0.2) is 0 Å². The van der Waals surface area contributed by atoms with Crippen molar-refractivity contribution in [1.29, 1.82) is 0 Å². The summed E-state index contributed by atoms with van der Waals surface area (Å²) in [6, 6.07) is 4.89. The molecule has 2 rings (SSSR count). The summed E-state index contributed by atoms with van der Waals surface area (Å²) in [6.45, 7) is 9.59. The molecule has 1 heterocycles. The zero-order valence-electron chi connectivity index (χ0n) is 18.4. The van der Waals surface area contributed by atoms with E-state index in [0.717, 1.165) is 22.5 Å². The topological polar surface area (TPSA) is 69.7 Å². The van der Waals surface area contributed by atoms with E-state index < -0.39 is 26.7 Å². The molecule has 0 aromatic heterocycles. The van der Waals surface area contributed by atoms with Crippen molar-refractivity contribution in [1.82, 2.24) is 14.5 Å². The minimum atomic E-state index is -4.76. The van der Waals surface area contributed by atoms with Crippen molar-refractivity contribution in [3.63, 3.8) is 0 Å². The van der Waals surface area contributed by atoms with E-state index in [1.54, 1.807) is 0 Å². The highest BCUT2D eigenvalue weighted by molar-refractivity contribution is 7.89. The molecule has 0 saturated carbocycles. The third kappa shape index (κ3) is 6.43. The standard InChI is InChI=1S/C21H32F3N3O3S/c1-15(2)27(16(3)4)14-11-25-20(28)17-9-12-26(13-10-17)31(29,30)19-8-6-5-7-18(19)21(22,23)24/h5-8,15-17H,9-14H2,1-4H3,(H,25,28). The molecule has 1 aliphatic rings. The largest absolute Gasteiger partial charge is 0.417 e. The molecule has 176 valence electrons. The number of piperidine rings is 1. The van der Waals surface area contributed by atoms with Gasteiger partial charge in [-0.25, -0.2) is 8.42 Å². The maximum atomic E-state index is 13.2. The molecule has 1 aromatic carbocycles. The van der Waals surface area contributed by atoms with Gasteiger partial charge in [-0.05, 0) is 52.7 Å². The quantitative estimate of drug-likeness (QED) is 0.642. The number of sulfonamides is 1. The lowest BCUT2D eigenvalue weighted by molar-refractivity contribution is -0.139. The number of carbonyl (C=O) groups excluding carboxylic acids is 1. The molecule has 1 aliphatic heterocycles. The van der Waals surface area contributed by atoms with Crippen LogP contribution in [0.15, 0.2) is 29.2 Å². The number of amides is 1. The van der Waals surface area contributed by atoms with E-state index >= 15 is 0 Å². The van der Waals surface area contributed by atoms with Crippen molar-refractivity contribution in [2.75, 3.05) is 26.2 Å². The molecule has 0 aliphatic carbocycles. The smallest absolute Gasteiger partial charge is 0.355 e. The average Bonchev–Trinajstić information content (AvgIpc) is 2.70. The molecule has 1 amide bonds.